The summed E-state index contributed by atoms with van der Waals surface area (Å²) in [4.78, 5) is 0. The molecule has 0 radical (unpaired) electrons. The zero-order valence-electron chi connectivity index (χ0n) is 5.49. The van der Waals surface area contributed by atoms with E-state index in [1.807, 2.05) is 0 Å². The molecule has 0 aliphatic carbocycles. The predicted octanol–water partition coefficient (Wildman–Crippen LogP) is 1.28. The molecule has 2 heteroatoms. The monoisotopic (exact) mass is 117 g/mol. The Labute approximate surface area is 46.9 Å². The van der Waals surface area contributed by atoms with E-state index in [1.165, 1.54) is 6.04 Å². The third-order valence-corrected chi connectivity index (χ3v) is 2.68. The molecule has 0 aliphatic heterocycles. The van der Waals surface area contributed by atoms with Gasteiger partial charge < -0.3 is 5.73 Å². The van der Waals surface area contributed by atoms with Crippen molar-refractivity contribution in [3.05, 3.63) is 0 Å². The molecule has 7 heavy (non-hydrogen) atoms. The van der Waals surface area contributed by atoms with Crippen LogP contribution < -0.4 is 5.73 Å². The third kappa shape index (κ3) is 6.18. The van der Waals surface area contributed by atoms with Gasteiger partial charge in [-0.15, -0.1) is 0 Å². The average molecular weight is 117 g/mol. The number of rotatable bonds is 2. The maximum atomic E-state index is 5.35. The Hall–Kier alpha value is 0.177. The first-order chi connectivity index (χ1) is 3.06. The van der Waals surface area contributed by atoms with Gasteiger partial charge in [-0.2, -0.15) is 0 Å². The summed E-state index contributed by atoms with van der Waals surface area (Å²) < 4.78 is 0. The zero-order chi connectivity index (χ0) is 5.91. The first-order valence-electron chi connectivity index (χ1n) is 2.76. The fraction of sp³-hybridized carbons (Fsp3) is 1.00. The van der Waals surface area contributed by atoms with Crippen LogP contribution >= 0.6 is 0 Å². The van der Waals surface area contributed by atoms with Crippen molar-refractivity contribution in [2.45, 2.75) is 25.7 Å². The highest BCUT2D eigenvalue weighted by Gasteiger charge is 2.09. The van der Waals surface area contributed by atoms with Crippen LogP contribution in [0.25, 0.3) is 0 Å². The molecule has 0 rings (SSSR count). The molecule has 0 spiro atoms. The van der Waals surface area contributed by atoms with Crippen LogP contribution in [0.4, 0.5) is 0 Å². The van der Waals surface area contributed by atoms with Gasteiger partial charge in [-0.1, -0.05) is 19.6 Å². The van der Waals surface area contributed by atoms with Gasteiger partial charge in [0.15, 0.2) is 0 Å². The third-order valence-electron chi connectivity index (χ3n) is 0.894. The van der Waals surface area contributed by atoms with Gasteiger partial charge in [0.2, 0.25) is 0 Å². The Morgan fingerprint density at radius 2 is 1.71 bits per heavy atom. The van der Waals surface area contributed by atoms with E-state index in [0.29, 0.717) is 0 Å². The van der Waals surface area contributed by atoms with Crippen molar-refractivity contribution in [3.63, 3.8) is 0 Å². The van der Waals surface area contributed by atoms with Crippen molar-refractivity contribution >= 4 is 8.07 Å². The van der Waals surface area contributed by atoms with E-state index in [0.717, 1.165) is 6.54 Å². The molecule has 44 valence electrons. The normalized spacial score (nSPS) is 12.0. The second-order valence-electron chi connectivity index (χ2n) is 3.10. The molecule has 0 fully saturated rings. The lowest BCUT2D eigenvalue weighted by molar-refractivity contribution is 1.09. The highest BCUT2D eigenvalue weighted by molar-refractivity contribution is 6.76. The van der Waals surface area contributed by atoms with Gasteiger partial charge in [-0.3, -0.25) is 0 Å². The fourth-order valence-electron chi connectivity index (χ4n) is 0.433. The molecule has 0 amide bonds. The zero-order valence-corrected chi connectivity index (χ0v) is 6.49. The van der Waals surface area contributed by atoms with Crippen molar-refractivity contribution in [2.24, 2.45) is 5.73 Å². The lowest BCUT2D eigenvalue weighted by Gasteiger charge is -2.12. The number of hydrogen-bond acceptors (Lipinski definition) is 1. The summed E-state index contributed by atoms with van der Waals surface area (Å²) in [5.41, 5.74) is 5.35. The van der Waals surface area contributed by atoms with E-state index in [1.54, 1.807) is 0 Å². The Balaban J connectivity index is 3.15. The topological polar surface area (TPSA) is 26.0 Å². The minimum atomic E-state index is -0.782. The van der Waals surface area contributed by atoms with Crippen LogP contribution in [0.5, 0.6) is 0 Å². The second-order valence-corrected chi connectivity index (χ2v) is 8.72. The molecule has 0 saturated heterocycles. The van der Waals surface area contributed by atoms with Gasteiger partial charge in [0, 0.05) is 8.07 Å². The lowest BCUT2D eigenvalue weighted by Crippen LogP contribution is -2.23. The van der Waals surface area contributed by atoms with Crippen LogP contribution in [0, 0.1) is 0 Å². The lowest BCUT2D eigenvalue weighted by atomic mass is 10.8. The molecule has 0 saturated carbocycles. The van der Waals surface area contributed by atoms with Gasteiger partial charge in [0.25, 0.3) is 0 Å². The first kappa shape index (κ1) is 7.18. The highest BCUT2D eigenvalue weighted by Crippen LogP contribution is 2.04. The molecule has 0 heterocycles. The van der Waals surface area contributed by atoms with E-state index in [-0.39, 0.29) is 0 Å². The van der Waals surface area contributed by atoms with Gasteiger partial charge in [0.05, 0.1) is 0 Å². The van der Waals surface area contributed by atoms with Crippen LogP contribution in [0.2, 0.25) is 25.7 Å². The van der Waals surface area contributed by atoms with Crippen molar-refractivity contribution in [1.82, 2.24) is 0 Å². The smallest absolute Gasteiger partial charge is 0.0455 e. The van der Waals surface area contributed by atoms with Crippen molar-refractivity contribution in [3.8, 4) is 0 Å². The first-order valence-corrected chi connectivity index (χ1v) is 6.47. The molecule has 0 bridgehead atoms. The minimum Gasteiger partial charge on any atom is -0.331 e. The van der Waals surface area contributed by atoms with E-state index in [4.69, 9.17) is 5.73 Å². The molecule has 0 aromatic heterocycles. The Kier molecular flexibility index (Phi) is 2.54. The van der Waals surface area contributed by atoms with Crippen LogP contribution in [-0.4, -0.2) is 14.6 Å². The maximum absolute atomic E-state index is 5.35. The summed E-state index contributed by atoms with van der Waals surface area (Å²) in [6.07, 6.45) is 0. The molecule has 0 aromatic rings. The van der Waals surface area contributed by atoms with E-state index >= 15 is 0 Å². The average Bonchev–Trinajstić information content (AvgIpc) is 1.30. The van der Waals surface area contributed by atoms with E-state index < -0.39 is 8.07 Å². The summed E-state index contributed by atoms with van der Waals surface area (Å²) in [6, 6.07) is 1.26. The summed E-state index contributed by atoms with van der Waals surface area (Å²) >= 11 is 0. The van der Waals surface area contributed by atoms with Crippen molar-refractivity contribution < 1.29 is 0 Å². The fourth-order valence-corrected chi connectivity index (χ4v) is 1.30. The Morgan fingerprint density at radius 3 is 1.71 bits per heavy atom. The van der Waals surface area contributed by atoms with E-state index in [2.05, 4.69) is 19.6 Å². The highest BCUT2D eigenvalue weighted by atomic mass is 28.3. The molecule has 0 atom stereocenters. The predicted molar refractivity (Wildman–Crippen MR) is 37.2 cm³/mol. The Bertz CT molecular complexity index is 46.5. The van der Waals surface area contributed by atoms with Crippen molar-refractivity contribution in [1.29, 1.82) is 0 Å². The quantitative estimate of drug-likeness (QED) is 0.542. The van der Waals surface area contributed by atoms with Gasteiger partial charge >= 0.3 is 0 Å². The summed E-state index contributed by atoms with van der Waals surface area (Å²) in [6.45, 7) is 7.87. The maximum Gasteiger partial charge on any atom is 0.0455 e. The van der Waals surface area contributed by atoms with Crippen LogP contribution in [0.3, 0.4) is 0 Å². The minimum absolute atomic E-state index is 0.782. The largest absolute Gasteiger partial charge is 0.331 e. The summed E-state index contributed by atoms with van der Waals surface area (Å²) in [5, 5.41) is 0. The summed E-state index contributed by atoms with van der Waals surface area (Å²) in [7, 11) is -0.782. The van der Waals surface area contributed by atoms with Crippen LogP contribution in [0.15, 0.2) is 0 Å². The molecule has 0 unspecified atom stereocenters. The van der Waals surface area contributed by atoms with Crippen molar-refractivity contribution in [2.75, 3.05) is 6.54 Å². The second kappa shape index (κ2) is 2.48. The van der Waals surface area contributed by atoms with Crippen LogP contribution in [-0.2, 0) is 0 Å². The Morgan fingerprint density at radius 1 is 1.29 bits per heavy atom. The molecule has 0 aliphatic rings. The van der Waals surface area contributed by atoms with E-state index in [9.17, 15) is 0 Å². The molecule has 1 nitrogen and oxygen atoms in total. The van der Waals surface area contributed by atoms with Crippen LogP contribution in [0.1, 0.15) is 0 Å². The van der Waals surface area contributed by atoms with Gasteiger partial charge in [-0.25, -0.2) is 0 Å². The number of hydrogen-bond donors (Lipinski definition) is 1. The van der Waals surface area contributed by atoms with Gasteiger partial charge in [-0.05, 0) is 12.6 Å². The van der Waals surface area contributed by atoms with Gasteiger partial charge in [0.1, 0.15) is 0 Å². The molecule has 2 N–H and O–H groups in total. The number of nitrogens with two attached hydrogens (primary N) is 1. The molecular formula is C5H15NSi. The molecule has 0 aromatic carbocycles. The standard InChI is InChI=1S/C5H15NSi/c1-7(2,3)5-4-6/h4-6H2,1-3H3. The summed E-state index contributed by atoms with van der Waals surface area (Å²) in [5.74, 6) is 0. The SMILES string of the molecule is C[Si](C)(C)CCN. The molecular weight excluding hydrogens is 102 g/mol.